The van der Waals surface area contributed by atoms with Gasteiger partial charge in [-0.05, 0) is 31.2 Å². The molecule has 0 aliphatic heterocycles. The Morgan fingerprint density at radius 1 is 1.56 bits per heavy atom. The lowest BCUT2D eigenvalue weighted by molar-refractivity contribution is -0.138. The summed E-state index contributed by atoms with van der Waals surface area (Å²) in [5.41, 5.74) is 8.89. The van der Waals surface area contributed by atoms with Crippen LogP contribution in [-0.2, 0) is 31.1 Å². The van der Waals surface area contributed by atoms with Crippen molar-refractivity contribution < 1.29 is 9.90 Å². The van der Waals surface area contributed by atoms with Gasteiger partial charge in [-0.25, -0.2) is 0 Å². The standard InChI is InChI=1S/C11H17N3O2/c1-14-10-5-3-2-4-7(10)9(13-14)6-8(12)11(15)16/h8H,2-6,12H2,1H3,(H,15,16)/t8-/m0/s1. The molecule has 0 radical (unpaired) electrons. The monoisotopic (exact) mass is 223 g/mol. The van der Waals surface area contributed by atoms with Gasteiger partial charge in [-0.2, -0.15) is 5.10 Å². The van der Waals surface area contributed by atoms with E-state index < -0.39 is 12.0 Å². The first-order valence-corrected chi connectivity index (χ1v) is 5.61. The number of rotatable bonds is 3. The first-order chi connectivity index (χ1) is 7.59. The molecule has 0 fully saturated rings. The summed E-state index contributed by atoms with van der Waals surface area (Å²) in [6.07, 6.45) is 4.73. The molecule has 0 amide bonds. The van der Waals surface area contributed by atoms with Crippen LogP contribution in [0.4, 0.5) is 0 Å². The van der Waals surface area contributed by atoms with Crippen molar-refractivity contribution in [3.05, 3.63) is 17.0 Å². The van der Waals surface area contributed by atoms with Crippen LogP contribution in [-0.4, -0.2) is 26.9 Å². The van der Waals surface area contributed by atoms with Crippen molar-refractivity contribution in [2.24, 2.45) is 12.8 Å². The number of aliphatic carboxylic acids is 1. The maximum absolute atomic E-state index is 10.7. The number of carboxylic acid groups (broad SMARTS) is 1. The van der Waals surface area contributed by atoms with Gasteiger partial charge in [-0.3, -0.25) is 9.48 Å². The molecule has 1 heterocycles. The minimum atomic E-state index is -0.963. The summed E-state index contributed by atoms with van der Waals surface area (Å²) in [6.45, 7) is 0. The predicted octanol–water partition coefficient (Wildman–Crippen LogP) is 0.253. The normalized spacial score (nSPS) is 16.9. The van der Waals surface area contributed by atoms with E-state index in [-0.39, 0.29) is 0 Å². The van der Waals surface area contributed by atoms with Crippen LogP contribution in [0.2, 0.25) is 0 Å². The Bertz CT molecular complexity index is 412. The molecule has 16 heavy (non-hydrogen) atoms. The van der Waals surface area contributed by atoms with E-state index in [1.807, 2.05) is 11.7 Å². The van der Waals surface area contributed by atoms with Crippen molar-refractivity contribution in [2.45, 2.75) is 38.1 Å². The van der Waals surface area contributed by atoms with Crippen LogP contribution >= 0.6 is 0 Å². The fourth-order valence-corrected chi connectivity index (χ4v) is 2.32. The highest BCUT2D eigenvalue weighted by atomic mass is 16.4. The summed E-state index contributed by atoms with van der Waals surface area (Å²) in [4.78, 5) is 10.7. The zero-order valence-electron chi connectivity index (χ0n) is 9.44. The summed E-state index contributed by atoms with van der Waals surface area (Å²) in [5.74, 6) is -0.963. The summed E-state index contributed by atoms with van der Waals surface area (Å²) >= 11 is 0. The number of carbonyl (C=O) groups is 1. The van der Waals surface area contributed by atoms with Gasteiger partial charge < -0.3 is 10.8 Å². The molecule has 1 aromatic heterocycles. The first-order valence-electron chi connectivity index (χ1n) is 5.61. The lowest BCUT2D eigenvalue weighted by Gasteiger charge is -2.13. The summed E-state index contributed by atoms with van der Waals surface area (Å²) < 4.78 is 1.87. The maximum Gasteiger partial charge on any atom is 0.320 e. The average Bonchev–Trinajstić information content (AvgIpc) is 2.57. The SMILES string of the molecule is Cn1nc(C[C@H](N)C(=O)O)c2c1CCCC2. The molecule has 0 aromatic carbocycles. The average molecular weight is 223 g/mol. The molecule has 1 atom stereocenters. The van der Waals surface area contributed by atoms with E-state index in [2.05, 4.69) is 5.10 Å². The summed E-state index contributed by atoms with van der Waals surface area (Å²) in [5, 5.41) is 13.2. The number of hydrogen-bond acceptors (Lipinski definition) is 3. The van der Waals surface area contributed by atoms with Gasteiger partial charge in [0.1, 0.15) is 6.04 Å². The van der Waals surface area contributed by atoms with Crippen molar-refractivity contribution in [3.63, 3.8) is 0 Å². The molecule has 1 aliphatic carbocycles. The van der Waals surface area contributed by atoms with Gasteiger partial charge in [0, 0.05) is 19.2 Å². The van der Waals surface area contributed by atoms with Crippen molar-refractivity contribution >= 4 is 5.97 Å². The molecule has 2 rings (SSSR count). The number of hydrogen-bond donors (Lipinski definition) is 2. The molecule has 1 aromatic rings. The molecule has 0 saturated heterocycles. The predicted molar refractivity (Wildman–Crippen MR) is 59.2 cm³/mol. The van der Waals surface area contributed by atoms with E-state index in [0.717, 1.165) is 25.0 Å². The number of aromatic nitrogens is 2. The highest BCUT2D eigenvalue weighted by molar-refractivity contribution is 5.73. The highest BCUT2D eigenvalue weighted by Gasteiger charge is 2.22. The minimum Gasteiger partial charge on any atom is -0.480 e. The molecular weight excluding hydrogens is 206 g/mol. The minimum absolute atomic E-state index is 0.332. The van der Waals surface area contributed by atoms with Gasteiger partial charge in [0.05, 0.1) is 5.69 Å². The van der Waals surface area contributed by atoms with Gasteiger partial charge >= 0.3 is 5.97 Å². The highest BCUT2D eigenvalue weighted by Crippen LogP contribution is 2.24. The van der Waals surface area contributed by atoms with Gasteiger partial charge in [-0.1, -0.05) is 0 Å². The lowest BCUT2D eigenvalue weighted by Crippen LogP contribution is -2.32. The Morgan fingerprint density at radius 3 is 2.94 bits per heavy atom. The van der Waals surface area contributed by atoms with Crippen molar-refractivity contribution in [1.29, 1.82) is 0 Å². The van der Waals surface area contributed by atoms with Crippen LogP contribution < -0.4 is 5.73 Å². The van der Waals surface area contributed by atoms with Gasteiger partial charge in [0.15, 0.2) is 0 Å². The van der Waals surface area contributed by atoms with Gasteiger partial charge in [0.2, 0.25) is 0 Å². The molecule has 88 valence electrons. The number of fused-ring (bicyclic) bond motifs is 1. The lowest BCUT2D eigenvalue weighted by atomic mass is 9.94. The number of aryl methyl sites for hydroxylation is 1. The van der Waals surface area contributed by atoms with E-state index in [1.165, 1.54) is 17.7 Å². The van der Waals surface area contributed by atoms with Crippen LogP contribution in [0.25, 0.3) is 0 Å². The molecule has 0 saturated carbocycles. The quantitative estimate of drug-likeness (QED) is 0.769. The van der Waals surface area contributed by atoms with E-state index in [0.29, 0.717) is 6.42 Å². The molecule has 5 heteroatoms. The van der Waals surface area contributed by atoms with E-state index in [1.54, 1.807) is 0 Å². The van der Waals surface area contributed by atoms with Crippen LogP contribution in [0, 0.1) is 0 Å². The molecule has 0 bridgehead atoms. The zero-order valence-corrected chi connectivity index (χ0v) is 9.44. The second-order valence-electron chi connectivity index (χ2n) is 4.35. The topological polar surface area (TPSA) is 81.1 Å². The summed E-state index contributed by atoms with van der Waals surface area (Å²) in [7, 11) is 1.92. The smallest absolute Gasteiger partial charge is 0.320 e. The Morgan fingerprint density at radius 2 is 2.25 bits per heavy atom. The number of carboxylic acids is 1. The molecule has 3 N–H and O–H groups in total. The van der Waals surface area contributed by atoms with Crippen molar-refractivity contribution in [1.82, 2.24) is 9.78 Å². The molecule has 5 nitrogen and oxygen atoms in total. The Balaban J connectivity index is 2.24. The summed E-state index contributed by atoms with van der Waals surface area (Å²) in [6, 6.07) is -0.846. The fraction of sp³-hybridized carbons (Fsp3) is 0.636. The van der Waals surface area contributed by atoms with E-state index in [9.17, 15) is 4.79 Å². The van der Waals surface area contributed by atoms with Gasteiger partial charge in [0.25, 0.3) is 0 Å². The second kappa shape index (κ2) is 4.25. The third-order valence-electron chi connectivity index (χ3n) is 3.18. The first kappa shape index (κ1) is 11.1. The Labute approximate surface area is 94.2 Å². The van der Waals surface area contributed by atoms with Crippen molar-refractivity contribution in [3.8, 4) is 0 Å². The number of nitrogens with zero attached hydrogens (tertiary/aromatic N) is 2. The van der Waals surface area contributed by atoms with Crippen LogP contribution in [0.5, 0.6) is 0 Å². The fourth-order valence-electron chi connectivity index (χ4n) is 2.32. The Hall–Kier alpha value is -1.36. The molecule has 1 aliphatic rings. The molecular formula is C11H17N3O2. The maximum atomic E-state index is 10.7. The largest absolute Gasteiger partial charge is 0.480 e. The van der Waals surface area contributed by atoms with Crippen LogP contribution in [0.15, 0.2) is 0 Å². The zero-order chi connectivity index (χ0) is 11.7. The van der Waals surface area contributed by atoms with Crippen LogP contribution in [0.3, 0.4) is 0 Å². The second-order valence-corrected chi connectivity index (χ2v) is 4.35. The molecule has 0 spiro atoms. The molecule has 0 unspecified atom stereocenters. The van der Waals surface area contributed by atoms with Crippen LogP contribution in [0.1, 0.15) is 29.8 Å². The van der Waals surface area contributed by atoms with E-state index in [4.69, 9.17) is 10.8 Å². The number of nitrogens with two attached hydrogens (primary N) is 1. The van der Waals surface area contributed by atoms with E-state index >= 15 is 0 Å². The third kappa shape index (κ3) is 1.95. The van der Waals surface area contributed by atoms with Crippen molar-refractivity contribution in [2.75, 3.05) is 0 Å². The third-order valence-corrected chi connectivity index (χ3v) is 3.18. The van der Waals surface area contributed by atoms with Gasteiger partial charge in [-0.15, -0.1) is 0 Å². The Kier molecular flexibility index (Phi) is 2.96.